The molecule has 5 heteroatoms. The van der Waals surface area contributed by atoms with Crippen LogP contribution in [0, 0.1) is 0 Å². The first kappa shape index (κ1) is 15.2. The molecule has 1 amide bonds. The molecule has 2 aromatic rings. The van der Waals surface area contributed by atoms with Crippen LogP contribution in [0.25, 0.3) is 0 Å². The van der Waals surface area contributed by atoms with Gasteiger partial charge in [-0.3, -0.25) is 4.79 Å². The first-order valence-corrected chi connectivity index (χ1v) is 7.86. The summed E-state index contributed by atoms with van der Waals surface area (Å²) in [5.41, 5.74) is 6.06. The summed E-state index contributed by atoms with van der Waals surface area (Å²) in [6, 6.07) is 13.5. The lowest BCUT2D eigenvalue weighted by atomic mass is 9.92. The van der Waals surface area contributed by atoms with Crippen molar-refractivity contribution in [2.75, 3.05) is 7.05 Å². The summed E-state index contributed by atoms with van der Waals surface area (Å²) in [7, 11) is 1.78. The summed E-state index contributed by atoms with van der Waals surface area (Å²) in [5.74, 6) is -0.0896. The summed E-state index contributed by atoms with van der Waals surface area (Å²) in [6.07, 6.45) is 0. The maximum absolute atomic E-state index is 12.6. The highest BCUT2D eigenvalue weighted by molar-refractivity contribution is 9.11. The zero-order chi connectivity index (χ0) is 14.8. The van der Waals surface area contributed by atoms with Crippen molar-refractivity contribution >= 4 is 33.2 Å². The van der Waals surface area contributed by atoms with Crippen molar-refractivity contribution in [3.63, 3.8) is 0 Å². The molecule has 106 valence electrons. The summed E-state index contributed by atoms with van der Waals surface area (Å²) >= 11 is 5.05. The molecule has 2 N–H and O–H groups in total. The van der Waals surface area contributed by atoms with Crippen LogP contribution in [0.15, 0.2) is 46.3 Å². The Morgan fingerprint density at radius 2 is 1.95 bits per heavy atom. The fourth-order valence-electron chi connectivity index (χ4n) is 2.05. The second-order valence-electron chi connectivity index (χ2n) is 4.94. The van der Waals surface area contributed by atoms with Crippen LogP contribution >= 0.6 is 27.3 Å². The first-order chi connectivity index (χ1) is 9.41. The predicted octanol–water partition coefficient (Wildman–Crippen LogP) is 3.34. The average Bonchev–Trinajstić information content (AvgIpc) is 2.84. The lowest BCUT2D eigenvalue weighted by molar-refractivity contribution is -0.135. The number of nitrogens with two attached hydrogens (primary N) is 1. The fourth-order valence-corrected chi connectivity index (χ4v) is 3.58. The Kier molecular flexibility index (Phi) is 4.62. The van der Waals surface area contributed by atoms with Crippen molar-refractivity contribution in [3.8, 4) is 0 Å². The van der Waals surface area contributed by atoms with Crippen molar-refractivity contribution in [2.45, 2.75) is 19.0 Å². The molecule has 1 aromatic heterocycles. The summed E-state index contributed by atoms with van der Waals surface area (Å²) in [5, 5.41) is 0. The Hall–Kier alpha value is -1.17. The Morgan fingerprint density at radius 1 is 1.30 bits per heavy atom. The van der Waals surface area contributed by atoms with Gasteiger partial charge in [0, 0.05) is 11.9 Å². The van der Waals surface area contributed by atoms with Crippen molar-refractivity contribution < 1.29 is 4.79 Å². The molecule has 0 aliphatic heterocycles. The van der Waals surface area contributed by atoms with Gasteiger partial charge in [0.15, 0.2) is 0 Å². The predicted molar refractivity (Wildman–Crippen MR) is 86.5 cm³/mol. The SMILES string of the molecule is CN(Cc1ccc(Br)s1)C(=O)C(C)(N)c1ccccc1. The van der Waals surface area contributed by atoms with Gasteiger partial charge in [-0.25, -0.2) is 0 Å². The zero-order valence-corrected chi connectivity index (χ0v) is 13.9. The Labute approximate surface area is 131 Å². The monoisotopic (exact) mass is 352 g/mol. The van der Waals surface area contributed by atoms with Crippen LogP contribution in [0.3, 0.4) is 0 Å². The molecule has 0 fully saturated rings. The van der Waals surface area contributed by atoms with Gasteiger partial charge in [-0.2, -0.15) is 0 Å². The van der Waals surface area contributed by atoms with E-state index < -0.39 is 5.54 Å². The molecular formula is C15H17BrN2OS. The van der Waals surface area contributed by atoms with E-state index in [2.05, 4.69) is 15.9 Å². The second kappa shape index (κ2) is 6.08. The molecule has 0 saturated carbocycles. The molecule has 2 rings (SSSR count). The van der Waals surface area contributed by atoms with Crippen LogP contribution in [0.1, 0.15) is 17.4 Å². The third-order valence-electron chi connectivity index (χ3n) is 3.19. The average molecular weight is 353 g/mol. The van der Waals surface area contributed by atoms with Crippen LogP contribution in [0.4, 0.5) is 0 Å². The molecule has 1 aromatic carbocycles. The molecule has 0 bridgehead atoms. The van der Waals surface area contributed by atoms with E-state index in [4.69, 9.17) is 5.73 Å². The minimum atomic E-state index is -1.01. The van der Waals surface area contributed by atoms with E-state index in [-0.39, 0.29) is 5.91 Å². The highest BCUT2D eigenvalue weighted by Gasteiger charge is 2.33. The largest absolute Gasteiger partial charge is 0.339 e. The molecule has 0 aliphatic rings. The van der Waals surface area contributed by atoms with Crippen molar-refractivity contribution in [1.29, 1.82) is 0 Å². The smallest absolute Gasteiger partial charge is 0.247 e. The van der Waals surface area contributed by atoms with E-state index >= 15 is 0 Å². The highest BCUT2D eigenvalue weighted by atomic mass is 79.9. The normalized spacial score (nSPS) is 13.8. The van der Waals surface area contributed by atoms with E-state index in [9.17, 15) is 4.79 Å². The molecule has 1 heterocycles. The zero-order valence-electron chi connectivity index (χ0n) is 11.5. The molecule has 1 atom stereocenters. The number of hydrogen-bond acceptors (Lipinski definition) is 3. The number of hydrogen-bond donors (Lipinski definition) is 1. The number of likely N-dealkylation sites (N-methyl/N-ethyl adjacent to an activating group) is 1. The topological polar surface area (TPSA) is 46.3 Å². The number of thiophene rings is 1. The molecule has 0 saturated heterocycles. The van der Waals surface area contributed by atoms with E-state index in [1.165, 1.54) is 0 Å². The van der Waals surface area contributed by atoms with Crippen molar-refractivity contribution in [2.24, 2.45) is 5.73 Å². The number of benzene rings is 1. The second-order valence-corrected chi connectivity index (χ2v) is 7.48. The molecular weight excluding hydrogens is 336 g/mol. The maximum atomic E-state index is 12.6. The van der Waals surface area contributed by atoms with Crippen molar-refractivity contribution in [3.05, 3.63) is 56.7 Å². The standard InChI is InChI=1S/C15H17BrN2OS/c1-15(17,11-6-4-3-5-7-11)14(19)18(2)10-12-8-9-13(16)20-12/h3-9H,10,17H2,1-2H3. The van der Waals surface area contributed by atoms with Crippen LogP contribution in [0.5, 0.6) is 0 Å². The number of carbonyl (C=O) groups excluding carboxylic acids is 1. The van der Waals surface area contributed by atoms with Crippen LogP contribution in [-0.2, 0) is 16.9 Å². The van der Waals surface area contributed by atoms with Crippen LogP contribution in [0.2, 0.25) is 0 Å². The van der Waals surface area contributed by atoms with Gasteiger partial charge >= 0.3 is 0 Å². The lowest BCUT2D eigenvalue weighted by Crippen LogP contribution is -2.49. The Balaban J connectivity index is 2.13. The van der Waals surface area contributed by atoms with E-state index in [0.29, 0.717) is 6.54 Å². The first-order valence-electron chi connectivity index (χ1n) is 6.25. The van der Waals surface area contributed by atoms with Gasteiger partial charge in [-0.15, -0.1) is 11.3 Å². The highest BCUT2D eigenvalue weighted by Crippen LogP contribution is 2.25. The molecule has 0 spiro atoms. The number of amides is 1. The van der Waals surface area contributed by atoms with E-state index in [1.807, 2.05) is 42.5 Å². The van der Waals surface area contributed by atoms with Gasteiger partial charge in [-0.05, 0) is 40.5 Å². The maximum Gasteiger partial charge on any atom is 0.247 e. The number of carbonyl (C=O) groups is 1. The third kappa shape index (κ3) is 3.29. The number of rotatable bonds is 4. The van der Waals surface area contributed by atoms with Gasteiger partial charge in [0.25, 0.3) is 0 Å². The van der Waals surface area contributed by atoms with Crippen LogP contribution < -0.4 is 5.73 Å². The minimum Gasteiger partial charge on any atom is -0.339 e. The molecule has 0 radical (unpaired) electrons. The third-order valence-corrected chi connectivity index (χ3v) is 4.79. The summed E-state index contributed by atoms with van der Waals surface area (Å²) in [4.78, 5) is 15.4. The van der Waals surface area contributed by atoms with Gasteiger partial charge in [0.2, 0.25) is 5.91 Å². The Bertz CT molecular complexity index is 595. The number of nitrogens with zero attached hydrogens (tertiary/aromatic N) is 1. The van der Waals surface area contributed by atoms with Gasteiger partial charge in [-0.1, -0.05) is 30.3 Å². The minimum absolute atomic E-state index is 0.0896. The van der Waals surface area contributed by atoms with Gasteiger partial charge in [0.05, 0.1) is 10.3 Å². The fraction of sp³-hybridized carbons (Fsp3) is 0.267. The summed E-state index contributed by atoms with van der Waals surface area (Å²) < 4.78 is 1.06. The molecule has 20 heavy (non-hydrogen) atoms. The molecule has 3 nitrogen and oxygen atoms in total. The van der Waals surface area contributed by atoms with Crippen LogP contribution in [-0.4, -0.2) is 17.9 Å². The number of halogens is 1. The van der Waals surface area contributed by atoms with Crippen molar-refractivity contribution in [1.82, 2.24) is 4.90 Å². The van der Waals surface area contributed by atoms with Gasteiger partial charge in [0.1, 0.15) is 5.54 Å². The quantitative estimate of drug-likeness (QED) is 0.916. The van der Waals surface area contributed by atoms with Gasteiger partial charge < -0.3 is 10.6 Å². The summed E-state index contributed by atoms with van der Waals surface area (Å²) in [6.45, 7) is 2.32. The van der Waals surface area contributed by atoms with E-state index in [1.54, 1.807) is 30.2 Å². The Morgan fingerprint density at radius 3 is 2.50 bits per heavy atom. The van der Waals surface area contributed by atoms with E-state index in [0.717, 1.165) is 14.2 Å². The molecule has 0 aliphatic carbocycles. The molecule has 1 unspecified atom stereocenters. The lowest BCUT2D eigenvalue weighted by Gasteiger charge is -2.29.